The van der Waals surface area contributed by atoms with Gasteiger partial charge in [0.1, 0.15) is 0 Å². The molecule has 2 unspecified atom stereocenters. The van der Waals surface area contributed by atoms with E-state index in [-0.39, 0.29) is 5.92 Å². The highest BCUT2D eigenvalue weighted by Crippen LogP contribution is 2.26. The van der Waals surface area contributed by atoms with Crippen molar-refractivity contribution in [2.45, 2.75) is 46.6 Å². The van der Waals surface area contributed by atoms with Crippen molar-refractivity contribution >= 4 is 0 Å². The first-order chi connectivity index (χ1) is 7.43. The highest BCUT2D eigenvalue weighted by atomic mass is 16.3. The van der Waals surface area contributed by atoms with E-state index in [9.17, 15) is 5.11 Å². The van der Waals surface area contributed by atoms with Gasteiger partial charge in [-0.25, -0.2) is 0 Å². The van der Waals surface area contributed by atoms with E-state index in [1.165, 1.54) is 5.56 Å². The Hall–Kier alpha value is -0.890. The predicted molar refractivity (Wildman–Crippen MR) is 67.3 cm³/mol. The summed E-state index contributed by atoms with van der Waals surface area (Å²) in [5.74, 6) is 1.18. The molecule has 1 aromatic rings. The number of aromatic nitrogens is 1. The Labute approximate surface area is 98.7 Å². The monoisotopic (exact) mass is 221 g/mol. The number of rotatable bonds is 4. The minimum Gasteiger partial charge on any atom is -0.387 e. The molecule has 16 heavy (non-hydrogen) atoms. The first kappa shape index (κ1) is 13.2. The molecule has 0 aliphatic carbocycles. The van der Waals surface area contributed by atoms with Crippen LogP contribution in [0.3, 0.4) is 0 Å². The topological polar surface area (TPSA) is 33.1 Å². The van der Waals surface area contributed by atoms with Crippen LogP contribution in [-0.2, 0) is 0 Å². The fraction of sp³-hybridized carbons (Fsp3) is 0.643. The molecule has 0 radical (unpaired) electrons. The Balaban J connectivity index is 2.81. The van der Waals surface area contributed by atoms with Crippen molar-refractivity contribution in [3.63, 3.8) is 0 Å². The average molecular weight is 221 g/mol. The van der Waals surface area contributed by atoms with Crippen LogP contribution in [0.15, 0.2) is 18.3 Å². The molecule has 1 N–H and O–H groups in total. The van der Waals surface area contributed by atoms with Crippen LogP contribution in [0.5, 0.6) is 0 Å². The Bertz CT molecular complexity index is 316. The molecule has 2 nitrogen and oxygen atoms in total. The van der Waals surface area contributed by atoms with Crippen LogP contribution >= 0.6 is 0 Å². The molecule has 0 fully saturated rings. The van der Waals surface area contributed by atoms with Gasteiger partial charge < -0.3 is 5.11 Å². The molecule has 90 valence electrons. The van der Waals surface area contributed by atoms with E-state index in [0.29, 0.717) is 11.8 Å². The van der Waals surface area contributed by atoms with Crippen molar-refractivity contribution < 1.29 is 5.11 Å². The molecule has 1 aromatic heterocycles. The maximum atomic E-state index is 10.1. The second kappa shape index (κ2) is 5.44. The molecule has 1 rings (SSSR count). The van der Waals surface area contributed by atoms with Crippen molar-refractivity contribution in [1.29, 1.82) is 0 Å². The second-order valence-corrected chi connectivity index (χ2v) is 5.22. The summed E-state index contributed by atoms with van der Waals surface area (Å²) < 4.78 is 0. The van der Waals surface area contributed by atoms with Gasteiger partial charge in [0.15, 0.2) is 0 Å². The lowest BCUT2D eigenvalue weighted by Gasteiger charge is -2.22. The molecular weight excluding hydrogens is 198 g/mol. The van der Waals surface area contributed by atoms with Crippen LogP contribution in [0.1, 0.15) is 57.9 Å². The molecule has 1 heterocycles. The molecule has 0 saturated heterocycles. The zero-order valence-electron chi connectivity index (χ0n) is 10.9. The van der Waals surface area contributed by atoms with Crippen LogP contribution in [0, 0.1) is 11.8 Å². The molecule has 0 spiro atoms. The van der Waals surface area contributed by atoms with E-state index in [2.05, 4.69) is 45.7 Å². The molecule has 0 aliphatic rings. The van der Waals surface area contributed by atoms with Gasteiger partial charge >= 0.3 is 0 Å². The lowest BCUT2D eigenvalue weighted by atomic mass is 9.90. The van der Waals surface area contributed by atoms with E-state index < -0.39 is 6.10 Å². The van der Waals surface area contributed by atoms with Gasteiger partial charge in [0, 0.05) is 6.20 Å². The number of hydrogen-bond acceptors (Lipinski definition) is 2. The lowest BCUT2D eigenvalue weighted by Crippen LogP contribution is -2.16. The molecule has 0 aliphatic heterocycles. The van der Waals surface area contributed by atoms with Crippen LogP contribution in [0.2, 0.25) is 0 Å². The Kier molecular flexibility index (Phi) is 4.48. The Morgan fingerprint density at radius 2 is 1.69 bits per heavy atom. The van der Waals surface area contributed by atoms with Crippen LogP contribution in [0.25, 0.3) is 0 Å². The van der Waals surface area contributed by atoms with Crippen LogP contribution in [0.4, 0.5) is 0 Å². The summed E-state index contributed by atoms with van der Waals surface area (Å²) in [4.78, 5) is 4.35. The minimum absolute atomic E-state index is 0.234. The second-order valence-electron chi connectivity index (χ2n) is 5.22. The average Bonchev–Trinajstić information content (AvgIpc) is 2.27. The Morgan fingerprint density at radius 3 is 2.06 bits per heavy atom. The van der Waals surface area contributed by atoms with Crippen LogP contribution < -0.4 is 0 Å². The number of pyridine rings is 1. The van der Waals surface area contributed by atoms with E-state index in [0.717, 1.165) is 5.69 Å². The zero-order chi connectivity index (χ0) is 12.3. The van der Waals surface area contributed by atoms with Crippen molar-refractivity contribution in [3.05, 3.63) is 29.6 Å². The summed E-state index contributed by atoms with van der Waals surface area (Å²) in [6.07, 6.45) is 1.41. The Morgan fingerprint density at radius 1 is 1.06 bits per heavy atom. The summed E-state index contributed by atoms with van der Waals surface area (Å²) >= 11 is 0. The molecular formula is C14H23NO. The number of aliphatic hydroxyl groups is 1. The van der Waals surface area contributed by atoms with Crippen molar-refractivity contribution in [2.24, 2.45) is 11.8 Å². The van der Waals surface area contributed by atoms with Gasteiger partial charge in [-0.2, -0.15) is 0 Å². The highest BCUT2D eigenvalue weighted by molar-refractivity contribution is 5.18. The first-order valence-electron chi connectivity index (χ1n) is 6.07. The maximum Gasteiger partial charge on any atom is 0.0987 e. The fourth-order valence-electron chi connectivity index (χ4n) is 1.57. The third kappa shape index (κ3) is 3.05. The van der Waals surface area contributed by atoms with E-state index in [1.807, 2.05) is 12.3 Å². The maximum absolute atomic E-state index is 10.1. The minimum atomic E-state index is -0.457. The summed E-state index contributed by atoms with van der Waals surface area (Å²) in [5.41, 5.74) is 2.00. The molecule has 0 amide bonds. The summed E-state index contributed by atoms with van der Waals surface area (Å²) in [7, 11) is 0. The zero-order valence-corrected chi connectivity index (χ0v) is 10.9. The van der Waals surface area contributed by atoms with Crippen molar-refractivity contribution in [1.82, 2.24) is 4.98 Å². The van der Waals surface area contributed by atoms with Gasteiger partial charge in [-0.15, -0.1) is 0 Å². The number of nitrogens with zero attached hydrogens (tertiary/aromatic N) is 1. The molecule has 0 aromatic carbocycles. The predicted octanol–water partition coefficient (Wildman–Crippen LogP) is 3.53. The highest BCUT2D eigenvalue weighted by Gasteiger charge is 2.20. The van der Waals surface area contributed by atoms with Gasteiger partial charge in [0.2, 0.25) is 0 Å². The molecule has 0 saturated carbocycles. The smallest absolute Gasteiger partial charge is 0.0987 e. The van der Waals surface area contributed by atoms with Crippen molar-refractivity contribution in [2.75, 3.05) is 0 Å². The molecule has 2 heteroatoms. The third-order valence-corrected chi connectivity index (χ3v) is 3.33. The fourth-order valence-corrected chi connectivity index (χ4v) is 1.57. The quantitative estimate of drug-likeness (QED) is 0.843. The first-order valence-corrected chi connectivity index (χ1v) is 6.07. The third-order valence-electron chi connectivity index (χ3n) is 3.33. The van der Waals surface area contributed by atoms with Gasteiger partial charge in [0.05, 0.1) is 11.8 Å². The summed E-state index contributed by atoms with van der Waals surface area (Å²) in [6, 6.07) is 4.00. The standard InChI is InChI=1S/C14H23NO/c1-9(2)11(5)14(16)13-7-6-12(8-15-13)10(3)4/h6-11,14,16H,1-5H3. The SMILES string of the molecule is CC(C)c1ccc(C(O)C(C)C(C)C)nc1. The lowest BCUT2D eigenvalue weighted by molar-refractivity contribution is 0.0882. The molecule has 2 atom stereocenters. The van der Waals surface area contributed by atoms with E-state index in [4.69, 9.17) is 0 Å². The normalized spacial score (nSPS) is 15.5. The van der Waals surface area contributed by atoms with Gasteiger partial charge in [-0.3, -0.25) is 4.98 Å². The summed E-state index contributed by atoms with van der Waals surface area (Å²) in [6.45, 7) is 10.6. The number of hydrogen-bond donors (Lipinski definition) is 1. The van der Waals surface area contributed by atoms with E-state index >= 15 is 0 Å². The van der Waals surface area contributed by atoms with Gasteiger partial charge in [0.25, 0.3) is 0 Å². The summed E-state index contributed by atoms with van der Waals surface area (Å²) in [5, 5.41) is 10.1. The number of aliphatic hydroxyl groups excluding tert-OH is 1. The largest absolute Gasteiger partial charge is 0.387 e. The van der Waals surface area contributed by atoms with Crippen molar-refractivity contribution in [3.8, 4) is 0 Å². The van der Waals surface area contributed by atoms with Gasteiger partial charge in [-0.1, -0.05) is 40.7 Å². The van der Waals surface area contributed by atoms with Crippen LogP contribution in [-0.4, -0.2) is 10.1 Å². The molecule has 0 bridgehead atoms. The van der Waals surface area contributed by atoms with E-state index in [1.54, 1.807) is 0 Å². The van der Waals surface area contributed by atoms with Gasteiger partial charge in [-0.05, 0) is 29.4 Å².